The molecular weight excluding hydrogens is 250 g/mol. The van der Waals surface area contributed by atoms with Crippen molar-refractivity contribution in [3.8, 4) is 0 Å². The van der Waals surface area contributed by atoms with E-state index >= 15 is 0 Å². The first kappa shape index (κ1) is 15.1. The summed E-state index contributed by atoms with van der Waals surface area (Å²) in [6.07, 6.45) is 12.0. The van der Waals surface area contributed by atoms with Crippen LogP contribution in [0.5, 0.6) is 0 Å². The number of unbranched alkanes of at least 4 members (excludes halogenated alkanes) is 1. The molecule has 0 aliphatic heterocycles. The van der Waals surface area contributed by atoms with Gasteiger partial charge in [-0.05, 0) is 38.5 Å². The third-order valence-electron chi connectivity index (χ3n) is 4.47. The summed E-state index contributed by atoms with van der Waals surface area (Å²) in [6.45, 7) is 4.22. The second-order valence-corrected chi connectivity index (χ2v) is 6.06. The van der Waals surface area contributed by atoms with Crippen LogP contribution in [0, 0.1) is 11.8 Å². The second-order valence-electron chi connectivity index (χ2n) is 6.06. The lowest BCUT2D eigenvalue weighted by Gasteiger charge is -2.28. The van der Waals surface area contributed by atoms with Crippen LogP contribution >= 0.6 is 0 Å². The third-order valence-corrected chi connectivity index (χ3v) is 4.47. The molecule has 4 nitrogen and oxygen atoms in total. The largest absolute Gasteiger partial charge is 0.347 e. The highest BCUT2D eigenvalue weighted by atomic mass is 16.1. The van der Waals surface area contributed by atoms with Crippen molar-refractivity contribution in [2.75, 3.05) is 0 Å². The van der Waals surface area contributed by atoms with Crippen molar-refractivity contribution < 1.29 is 4.79 Å². The van der Waals surface area contributed by atoms with Crippen LogP contribution in [0.2, 0.25) is 0 Å². The van der Waals surface area contributed by atoms with Gasteiger partial charge in [0.15, 0.2) is 0 Å². The molecule has 1 aromatic heterocycles. The number of hydrogen-bond donors (Lipinski definition) is 2. The maximum absolute atomic E-state index is 12.3. The molecule has 1 aliphatic carbocycles. The molecule has 20 heavy (non-hydrogen) atoms. The number of aromatic nitrogens is 2. The summed E-state index contributed by atoms with van der Waals surface area (Å²) in [6, 6.07) is -0.0321. The van der Waals surface area contributed by atoms with Crippen LogP contribution < -0.4 is 5.32 Å². The lowest BCUT2D eigenvalue weighted by Crippen LogP contribution is -2.35. The Morgan fingerprint density at radius 2 is 2.20 bits per heavy atom. The average molecular weight is 277 g/mol. The molecule has 1 fully saturated rings. The Kier molecular flexibility index (Phi) is 5.62. The van der Waals surface area contributed by atoms with Crippen molar-refractivity contribution in [3.05, 3.63) is 18.2 Å². The van der Waals surface area contributed by atoms with Gasteiger partial charge in [-0.3, -0.25) is 4.79 Å². The Morgan fingerprint density at radius 1 is 1.45 bits per heavy atom. The van der Waals surface area contributed by atoms with E-state index in [0.717, 1.165) is 24.6 Å². The van der Waals surface area contributed by atoms with Gasteiger partial charge in [0, 0.05) is 18.3 Å². The highest BCUT2D eigenvalue weighted by Gasteiger charge is 2.27. The van der Waals surface area contributed by atoms with Gasteiger partial charge < -0.3 is 10.3 Å². The number of carbonyl (C=O) groups excluding carboxylic acids is 1. The molecule has 1 atom stereocenters. The fourth-order valence-corrected chi connectivity index (χ4v) is 3.12. The Morgan fingerprint density at radius 3 is 2.80 bits per heavy atom. The Bertz CT molecular complexity index is 394. The summed E-state index contributed by atoms with van der Waals surface area (Å²) < 4.78 is 0. The molecule has 0 radical (unpaired) electrons. The molecule has 0 aromatic carbocycles. The van der Waals surface area contributed by atoms with Crippen molar-refractivity contribution >= 4 is 5.91 Å². The van der Waals surface area contributed by atoms with Crippen LogP contribution in [0.4, 0.5) is 0 Å². The summed E-state index contributed by atoms with van der Waals surface area (Å²) in [5.74, 6) is 2.07. The van der Waals surface area contributed by atoms with Crippen molar-refractivity contribution in [1.29, 1.82) is 0 Å². The van der Waals surface area contributed by atoms with Gasteiger partial charge in [-0.15, -0.1) is 0 Å². The molecule has 0 bridgehead atoms. The van der Waals surface area contributed by atoms with E-state index in [-0.39, 0.29) is 17.9 Å². The van der Waals surface area contributed by atoms with Gasteiger partial charge in [0.1, 0.15) is 5.82 Å². The van der Waals surface area contributed by atoms with Crippen LogP contribution in [0.15, 0.2) is 12.4 Å². The molecule has 1 aromatic rings. The second kappa shape index (κ2) is 7.46. The number of carbonyl (C=O) groups is 1. The van der Waals surface area contributed by atoms with Crippen LogP contribution in [0.3, 0.4) is 0 Å². The van der Waals surface area contributed by atoms with E-state index < -0.39 is 0 Å². The highest BCUT2D eigenvalue weighted by Crippen LogP contribution is 2.32. The predicted molar refractivity (Wildman–Crippen MR) is 80.1 cm³/mol. The maximum Gasteiger partial charge on any atom is 0.223 e. The molecule has 0 saturated heterocycles. The quantitative estimate of drug-likeness (QED) is 0.835. The molecule has 1 heterocycles. The zero-order valence-electron chi connectivity index (χ0n) is 12.7. The Labute approximate surface area is 121 Å². The number of nitrogens with zero attached hydrogens (tertiary/aromatic N) is 1. The normalized spacial score (nSPS) is 24.3. The standard InChI is InChI=1S/C16H27N3O/c1-3-4-5-13-6-8-14(9-7-13)16(20)19-12(2)15-17-10-11-18-15/h10-14H,3-9H2,1-2H3,(H,17,18)(H,19,20). The van der Waals surface area contributed by atoms with Gasteiger partial charge in [-0.25, -0.2) is 4.98 Å². The van der Waals surface area contributed by atoms with Gasteiger partial charge >= 0.3 is 0 Å². The zero-order chi connectivity index (χ0) is 14.4. The molecule has 1 aliphatic rings. The molecule has 1 amide bonds. The summed E-state index contributed by atoms with van der Waals surface area (Å²) in [5, 5.41) is 3.08. The fourth-order valence-electron chi connectivity index (χ4n) is 3.12. The van der Waals surface area contributed by atoms with Crippen molar-refractivity contribution in [1.82, 2.24) is 15.3 Å². The predicted octanol–water partition coefficient (Wildman–Crippen LogP) is 3.58. The molecule has 4 heteroatoms. The number of aromatic amines is 1. The first-order valence-electron chi connectivity index (χ1n) is 8.00. The summed E-state index contributed by atoms with van der Waals surface area (Å²) in [5.41, 5.74) is 0. The van der Waals surface area contributed by atoms with E-state index in [0.29, 0.717) is 0 Å². The highest BCUT2D eigenvalue weighted by molar-refractivity contribution is 5.79. The van der Waals surface area contributed by atoms with Crippen LogP contribution in [0.25, 0.3) is 0 Å². The summed E-state index contributed by atoms with van der Waals surface area (Å²) in [7, 11) is 0. The Balaban J connectivity index is 1.74. The first-order valence-corrected chi connectivity index (χ1v) is 8.00. The molecule has 1 saturated carbocycles. The minimum absolute atomic E-state index is 0.0321. The van der Waals surface area contributed by atoms with Gasteiger partial charge in [-0.2, -0.15) is 0 Å². The van der Waals surface area contributed by atoms with E-state index in [9.17, 15) is 4.79 Å². The molecule has 2 rings (SSSR count). The van der Waals surface area contributed by atoms with Gasteiger partial charge in [-0.1, -0.05) is 26.2 Å². The number of amides is 1. The maximum atomic E-state index is 12.3. The Hall–Kier alpha value is -1.32. The first-order chi connectivity index (χ1) is 9.70. The fraction of sp³-hybridized carbons (Fsp3) is 0.750. The SMILES string of the molecule is CCCCC1CCC(C(=O)NC(C)c2ncc[nH]2)CC1. The summed E-state index contributed by atoms with van der Waals surface area (Å²) >= 11 is 0. The van der Waals surface area contributed by atoms with E-state index in [1.165, 1.54) is 32.1 Å². The van der Waals surface area contributed by atoms with Crippen molar-refractivity contribution in [2.24, 2.45) is 11.8 Å². The smallest absolute Gasteiger partial charge is 0.223 e. The lowest BCUT2D eigenvalue weighted by molar-refractivity contribution is -0.127. The van der Waals surface area contributed by atoms with Gasteiger partial charge in [0.25, 0.3) is 0 Å². The minimum atomic E-state index is -0.0321. The molecule has 1 unspecified atom stereocenters. The van der Waals surface area contributed by atoms with E-state index in [1.807, 2.05) is 6.92 Å². The minimum Gasteiger partial charge on any atom is -0.347 e. The third kappa shape index (κ3) is 4.09. The van der Waals surface area contributed by atoms with Crippen LogP contribution in [-0.2, 0) is 4.79 Å². The van der Waals surface area contributed by atoms with E-state index in [1.54, 1.807) is 12.4 Å². The lowest BCUT2D eigenvalue weighted by atomic mass is 9.79. The van der Waals surface area contributed by atoms with E-state index in [4.69, 9.17) is 0 Å². The van der Waals surface area contributed by atoms with Gasteiger partial charge in [0.2, 0.25) is 5.91 Å². The van der Waals surface area contributed by atoms with Crippen molar-refractivity contribution in [2.45, 2.75) is 64.8 Å². The van der Waals surface area contributed by atoms with Gasteiger partial charge in [0.05, 0.1) is 6.04 Å². The topological polar surface area (TPSA) is 57.8 Å². The number of rotatable bonds is 6. The number of nitrogens with one attached hydrogen (secondary N) is 2. The van der Waals surface area contributed by atoms with Crippen LogP contribution in [-0.4, -0.2) is 15.9 Å². The molecule has 112 valence electrons. The molecular formula is C16H27N3O. The number of hydrogen-bond acceptors (Lipinski definition) is 2. The van der Waals surface area contributed by atoms with Crippen LogP contribution in [0.1, 0.15) is 70.7 Å². The van der Waals surface area contributed by atoms with Crippen molar-refractivity contribution in [3.63, 3.8) is 0 Å². The average Bonchev–Trinajstić information content (AvgIpc) is 3.00. The zero-order valence-corrected chi connectivity index (χ0v) is 12.7. The monoisotopic (exact) mass is 277 g/mol. The molecule has 0 spiro atoms. The summed E-state index contributed by atoms with van der Waals surface area (Å²) in [4.78, 5) is 19.5. The number of imidazole rings is 1. The molecule has 2 N–H and O–H groups in total. The number of H-pyrrole nitrogens is 1. The van der Waals surface area contributed by atoms with E-state index in [2.05, 4.69) is 22.2 Å².